The van der Waals surface area contributed by atoms with E-state index in [0.717, 1.165) is 23.3 Å². The van der Waals surface area contributed by atoms with Crippen LogP contribution in [0.4, 0.5) is 5.69 Å². The van der Waals surface area contributed by atoms with E-state index in [-0.39, 0.29) is 10.5 Å². The summed E-state index contributed by atoms with van der Waals surface area (Å²) < 4.78 is 5.25. The molecule has 1 unspecified atom stereocenters. The van der Waals surface area contributed by atoms with E-state index in [0.29, 0.717) is 0 Å². The van der Waals surface area contributed by atoms with Gasteiger partial charge in [0.1, 0.15) is 5.76 Å². The minimum Gasteiger partial charge on any atom is -0.469 e. The number of hydrogen-bond acceptors (Lipinski definition) is 3. The Labute approximate surface area is 113 Å². The maximum absolute atomic E-state index is 10.5. The molecule has 0 aliphatic carbocycles. The van der Waals surface area contributed by atoms with Gasteiger partial charge in [0.25, 0.3) is 5.69 Å². The van der Waals surface area contributed by atoms with Crippen molar-refractivity contribution in [2.24, 2.45) is 0 Å². The third-order valence-electron chi connectivity index (χ3n) is 2.80. The van der Waals surface area contributed by atoms with Crippen molar-refractivity contribution in [1.29, 1.82) is 0 Å². The second-order valence-corrected chi connectivity index (χ2v) is 5.13. The minimum atomic E-state index is -0.393. The number of alkyl halides is 1. The highest BCUT2D eigenvalue weighted by Crippen LogP contribution is 2.30. The predicted octanol–water partition coefficient (Wildman–Crippen LogP) is 4.17. The number of halogens is 1. The topological polar surface area (TPSA) is 56.3 Å². The molecule has 0 bridgehead atoms. The summed E-state index contributed by atoms with van der Waals surface area (Å²) in [7, 11) is 0. The van der Waals surface area contributed by atoms with Crippen LogP contribution in [0.15, 0.2) is 41.0 Å². The Morgan fingerprint density at radius 2 is 2.00 bits per heavy atom. The summed E-state index contributed by atoms with van der Waals surface area (Å²) in [5, 5.41) is 10.5. The zero-order chi connectivity index (χ0) is 13.1. The van der Waals surface area contributed by atoms with Gasteiger partial charge in [0.15, 0.2) is 0 Å². The smallest absolute Gasteiger partial charge is 0.269 e. The molecule has 1 aromatic carbocycles. The van der Waals surface area contributed by atoms with Crippen molar-refractivity contribution < 1.29 is 9.34 Å². The van der Waals surface area contributed by atoms with Crippen molar-refractivity contribution in [3.8, 4) is 0 Å². The molecule has 0 saturated carbocycles. The van der Waals surface area contributed by atoms with E-state index in [4.69, 9.17) is 4.42 Å². The number of nitro groups is 1. The van der Waals surface area contributed by atoms with Crippen LogP contribution in [0.3, 0.4) is 0 Å². The lowest BCUT2D eigenvalue weighted by Crippen LogP contribution is -1.96. The van der Waals surface area contributed by atoms with Crippen molar-refractivity contribution >= 4 is 21.6 Å². The van der Waals surface area contributed by atoms with Crippen LogP contribution in [-0.4, -0.2) is 4.92 Å². The second-order valence-electron chi connectivity index (χ2n) is 4.03. The first-order valence-electron chi connectivity index (χ1n) is 5.49. The monoisotopic (exact) mass is 309 g/mol. The molecule has 0 aliphatic rings. The van der Waals surface area contributed by atoms with Crippen molar-refractivity contribution in [2.45, 2.75) is 18.2 Å². The maximum atomic E-state index is 10.5. The largest absolute Gasteiger partial charge is 0.469 e. The molecular formula is C13H12BrNO3. The van der Waals surface area contributed by atoms with E-state index in [1.807, 2.05) is 13.0 Å². The molecule has 2 aromatic rings. The summed E-state index contributed by atoms with van der Waals surface area (Å²) in [6, 6.07) is 8.54. The van der Waals surface area contributed by atoms with Gasteiger partial charge in [-0.05, 0) is 25.0 Å². The van der Waals surface area contributed by atoms with Gasteiger partial charge in [0, 0.05) is 22.5 Å². The molecule has 4 nitrogen and oxygen atoms in total. The van der Waals surface area contributed by atoms with Crippen molar-refractivity contribution in [1.82, 2.24) is 0 Å². The normalized spacial score (nSPS) is 12.3. The Bertz CT molecular complexity index is 548. The summed E-state index contributed by atoms with van der Waals surface area (Å²) in [6.45, 7) is 1.92. The Morgan fingerprint density at radius 3 is 2.50 bits per heavy atom. The molecule has 0 amide bonds. The third kappa shape index (κ3) is 2.79. The van der Waals surface area contributed by atoms with Crippen molar-refractivity contribution in [3.05, 3.63) is 63.6 Å². The zero-order valence-electron chi connectivity index (χ0n) is 9.80. The summed E-state index contributed by atoms with van der Waals surface area (Å²) in [6.07, 6.45) is 2.42. The number of nitro benzene ring substituents is 1. The first kappa shape index (κ1) is 12.8. The first-order chi connectivity index (χ1) is 8.58. The molecule has 18 heavy (non-hydrogen) atoms. The maximum Gasteiger partial charge on any atom is 0.269 e. The van der Waals surface area contributed by atoms with Crippen LogP contribution < -0.4 is 0 Å². The minimum absolute atomic E-state index is 0.115. The van der Waals surface area contributed by atoms with Gasteiger partial charge in [-0.15, -0.1) is 0 Å². The Hall–Kier alpha value is -1.62. The molecule has 0 radical (unpaired) electrons. The van der Waals surface area contributed by atoms with E-state index in [2.05, 4.69) is 15.9 Å². The lowest BCUT2D eigenvalue weighted by atomic mass is 10.0. The van der Waals surface area contributed by atoms with Crippen LogP contribution in [-0.2, 0) is 6.42 Å². The molecule has 0 saturated heterocycles. The lowest BCUT2D eigenvalue weighted by molar-refractivity contribution is -0.384. The van der Waals surface area contributed by atoms with E-state index in [1.165, 1.54) is 12.1 Å². The summed E-state index contributed by atoms with van der Waals surface area (Å²) >= 11 is 3.61. The number of rotatable bonds is 4. The van der Waals surface area contributed by atoms with Crippen LogP contribution in [0.1, 0.15) is 21.7 Å². The fourth-order valence-corrected chi connectivity index (χ4v) is 2.64. The Morgan fingerprint density at radius 1 is 1.33 bits per heavy atom. The van der Waals surface area contributed by atoms with Crippen molar-refractivity contribution in [3.63, 3.8) is 0 Å². The number of nitrogens with zero attached hydrogens (tertiary/aromatic N) is 1. The van der Waals surface area contributed by atoms with Gasteiger partial charge < -0.3 is 4.42 Å². The lowest BCUT2D eigenvalue weighted by Gasteiger charge is -2.08. The fraction of sp³-hybridized carbons (Fsp3) is 0.231. The van der Waals surface area contributed by atoms with Crippen LogP contribution in [0.2, 0.25) is 0 Å². The molecule has 1 atom stereocenters. The van der Waals surface area contributed by atoms with Crippen molar-refractivity contribution in [2.75, 3.05) is 0 Å². The summed E-state index contributed by atoms with van der Waals surface area (Å²) in [5.74, 6) is 0.888. The van der Waals surface area contributed by atoms with Crippen LogP contribution in [0, 0.1) is 17.0 Å². The molecule has 1 heterocycles. The Balaban J connectivity index is 2.10. The predicted molar refractivity (Wildman–Crippen MR) is 71.9 cm³/mol. The summed E-state index contributed by atoms with van der Waals surface area (Å²) in [4.78, 5) is 10.3. The van der Waals surface area contributed by atoms with Crippen LogP contribution in [0.25, 0.3) is 0 Å². The van der Waals surface area contributed by atoms with Crippen LogP contribution in [0.5, 0.6) is 0 Å². The molecule has 1 aromatic heterocycles. The van der Waals surface area contributed by atoms with Gasteiger partial charge in [0.05, 0.1) is 11.2 Å². The van der Waals surface area contributed by atoms with E-state index < -0.39 is 4.92 Å². The average Bonchev–Trinajstić information content (AvgIpc) is 2.76. The molecular weight excluding hydrogens is 298 g/mol. The second kappa shape index (κ2) is 5.35. The molecule has 0 N–H and O–H groups in total. The molecule has 94 valence electrons. The van der Waals surface area contributed by atoms with Gasteiger partial charge in [-0.3, -0.25) is 10.1 Å². The number of furan rings is 1. The highest BCUT2D eigenvalue weighted by atomic mass is 79.9. The SMILES string of the molecule is Cc1occc1C(Br)Cc1ccc([N+](=O)[O-])cc1. The van der Waals surface area contributed by atoms with Gasteiger partial charge in [-0.1, -0.05) is 28.1 Å². The number of non-ortho nitro benzene ring substituents is 1. The zero-order valence-corrected chi connectivity index (χ0v) is 11.4. The van der Waals surface area contributed by atoms with Gasteiger partial charge in [-0.25, -0.2) is 0 Å². The van der Waals surface area contributed by atoms with Gasteiger partial charge in [-0.2, -0.15) is 0 Å². The molecule has 2 rings (SSSR count). The quantitative estimate of drug-likeness (QED) is 0.484. The number of hydrogen-bond donors (Lipinski definition) is 0. The number of aryl methyl sites for hydroxylation is 1. The standard InChI is InChI=1S/C13H12BrNO3/c1-9-12(6-7-18-9)13(14)8-10-2-4-11(5-3-10)15(16)17/h2-7,13H,8H2,1H3. The molecule has 0 spiro atoms. The summed E-state index contributed by atoms with van der Waals surface area (Å²) in [5.41, 5.74) is 2.26. The van der Waals surface area contributed by atoms with Gasteiger partial charge in [0.2, 0.25) is 0 Å². The Kier molecular flexibility index (Phi) is 3.81. The van der Waals surface area contributed by atoms with E-state index in [1.54, 1.807) is 18.4 Å². The first-order valence-corrected chi connectivity index (χ1v) is 6.41. The van der Waals surface area contributed by atoms with Crippen LogP contribution >= 0.6 is 15.9 Å². The van der Waals surface area contributed by atoms with E-state index >= 15 is 0 Å². The average molecular weight is 310 g/mol. The van der Waals surface area contributed by atoms with E-state index in [9.17, 15) is 10.1 Å². The molecule has 0 aliphatic heterocycles. The fourth-order valence-electron chi connectivity index (χ4n) is 1.79. The molecule has 5 heteroatoms. The number of benzene rings is 1. The third-order valence-corrected chi connectivity index (χ3v) is 3.62. The van der Waals surface area contributed by atoms with Gasteiger partial charge >= 0.3 is 0 Å². The molecule has 0 fully saturated rings. The highest BCUT2D eigenvalue weighted by molar-refractivity contribution is 9.09. The highest BCUT2D eigenvalue weighted by Gasteiger charge is 2.13.